The van der Waals surface area contributed by atoms with Crippen LogP contribution in [0.3, 0.4) is 0 Å². The van der Waals surface area contributed by atoms with E-state index in [1.807, 2.05) is 0 Å². The average Bonchev–Trinajstić information content (AvgIpc) is 1.98. The summed E-state index contributed by atoms with van der Waals surface area (Å²) in [6.45, 7) is 0. The molecule has 0 aliphatic rings. The molecule has 0 aromatic heterocycles. The molecule has 1 unspecified atom stereocenters. The van der Waals surface area contributed by atoms with Crippen molar-refractivity contribution in [2.75, 3.05) is 0 Å². The van der Waals surface area contributed by atoms with Crippen LogP contribution in [0, 0.1) is 0 Å². The Kier molecular flexibility index (Phi) is 4.96. The van der Waals surface area contributed by atoms with Gasteiger partial charge in [0.05, 0.1) is 0 Å². The van der Waals surface area contributed by atoms with Crippen LogP contribution in [0.25, 0.3) is 0 Å². The summed E-state index contributed by atoms with van der Waals surface area (Å²) in [5, 5.41) is 1.15. The number of alkyl halides is 6. The van der Waals surface area contributed by atoms with Crippen LogP contribution in [0.1, 0.15) is 0 Å². The molecule has 0 rings (SSSR count). The first kappa shape index (κ1) is 15.4. The first-order valence-corrected chi connectivity index (χ1v) is 4.48. The minimum Gasteiger partial charge on any atom is -0.421 e. The SMILES string of the molecule is NC(=O)OC(NC(=O)C(F)(F)F)C(Cl)(Cl)Cl. The number of nitrogens with one attached hydrogen (secondary N) is 1. The van der Waals surface area contributed by atoms with Gasteiger partial charge in [-0.3, -0.25) is 4.79 Å². The van der Waals surface area contributed by atoms with E-state index >= 15 is 0 Å². The fraction of sp³-hybridized carbons (Fsp3) is 0.600. The Morgan fingerprint density at radius 2 is 1.69 bits per heavy atom. The first-order valence-electron chi connectivity index (χ1n) is 3.35. The predicted molar refractivity (Wildman–Crippen MR) is 48.9 cm³/mol. The van der Waals surface area contributed by atoms with Gasteiger partial charge in [-0.15, -0.1) is 0 Å². The van der Waals surface area contributed by atoms with Crippen LogP contribution in [-0.2, 0) is 9.53 Å². The van der Waals surface area contributed by atoms with Crippen LogP contribution in [0.2, 0.25) is 0 Å². The van der Waals surface area contributed by atoms with Crippen LogP contribution in [0.15, 0.2) is 0 Å². The molecule has 0 fully saturated rings. The highest BCUT2D eigenvalue weighted by atomic mass is 35.6. The van der Waals surface area contributed by atoms with E-state index in [9.17, 15) is 22.8 Å². The maximum atomic E-state index is 11.8. The van der Waals surface area contributed by atoms with Gasteiger partial charge in [-0.2, -0.15) is 13.2 Å². The maximum Gasteiger partial charge on any atom is 0.471 e. The second kappa shape index (κ2) is 5.15. The van der Waals surface area contributed by atoms with Gasteiger partial charge in [0.1, 0.15) is 0 Å². The molecule has 0 aromatic rings. The third-order valence-corrected chi connectivity index (χ3v) is 1.65. The molecule has 11 heteroatoms. The third-order valence-electron chi connectivity index (χ3n) is 1.05. The number of amides is 2. The molecule has 0 spiro atoms. The molecule has 0 heterocycles. The van der Waals surface area contributed by atoms with Crippen molar-refractivity contribution >= 4 is 46.8 Å². The summed E-state index contributed by atoms with van der Waals surface area (Å²) in [6.07, 6.45) is -8.88. The topological polar surface area (TPSA) is 81.4 Å². The molecule has 94 valence electrons. The highest BCUT2D eigenvalue weighted by molar-refractivity contribution is 6.68. The van der Waals surface area contributed by atoms with Gasteiger partial charge < -0.3 is 15.8 Å². The van der Waals surface area contributed by atoms with Gasteiger partial charge in [0, 0.05) is 0 Å². The Morgan fingerprint density at radius 3 is 1.94 bits per heavy atom. The number of ether oxygens (including phenoxy) is 1. The second-order valence-corrected chi connectivity index (χ2v) is 4.70. The number of primary amides is 1. The van der Waals surface area contributed by atoms with E-state index in [0.29, 0.717) is 0 Å². The van der Waals surface area contributed by atoms with Gasteiger partial charge in [-0.05, 0) is 0 Å². The van der Waals surface area contributed by atoms with E-state index in [0.717, 1.165) is 5.32 Å². The molecule has 0 saturated heterocycles. The normalized spacial score (nSPS) is 14.1. The van der Waals surface area contributed by atoms with Crippen LogP contribution in [0.4, 0.5) is 18.0 Å². The Morgan fingerprint density at radius 1 is 1.25 bits per heavy atom. The highest BCUT2D eigenvalue weighted by Gasteiger charge is 2.45. The summed E-state index contributed by atoms with van der Waals surface area (Å²) < 4.78 is 37.0. The summed E-state index contributed by atoms with van der Waals surface area (Å²) in [4.78, 5) is 20.7. The van der Waals surface area contributed by atoms with Gasteiger partial charge in [0.2, 0.25) is 10.0 Å². The smallest absolute Gasteiger partial charge is 0.421 e. The Bertz CT molecular complexity index is 291. The zero-order valence-electron chi connectivity index (χ0n) is 7.15. The monoisotopic (exact) mass is 302 g/mol. The van der Waals surface area contributed by atoms with E-state index in [1.54, 1.807) is 0 Å². The fourth-order valence-corrected chi connectivity index (χ4v) is 0.792. The molecule has 0 aliphatic heterocycles. The van der Waals surface area contributed by atoms with Gasteiger partial charge in [-0.25, -0.2) is 4.79 Å². The van der Waals surface area contributed by atoms with Crippen molar-refractivity contribution in [2.24, 2.45) is 5.73 Å². The number of carbonyl (C=O) groups excluding carboxylic acids is 2. The third kappa shape index (κ3) is 5.47. The fourth-order valence-electron chi connectivity index (χ4n) is 0.495. The van der Waals surface area contributed by atoms with Crippen molar-refractivity contribution in [1.82, 2.24) is 5.32 Å². The van der Waals surface area contributed by atoms with Crippen LogP contribution in [-0.4, -0.2) is 28.2 Å². The molecule has 5 nitrogen and oxygen atoms in total. The molecule has 3 N–H and O–H groups in total. The van der Waals surface area contributed by atoms with Crippen LogP contribution >= 0.6 is 34.8 Å². The summed E-state index contributed by atoms with van der Waals surface area (Å²) in [5.41, 5.74) is 4.51. The van der Waals surface area contributed by atoms with Crippen molar-refractivity contribution in [3.63, 3.8) is 0 Å². The molecule has 0 saturated carbocycles. The number of rotatable bonds is 2. The first-order chi connectivity index (χ1) is 6.94. The van der Waals surface area contributed by atoms with Gasteiger partial charge >= 0.3 is 18.2 Å². The Hall–Kier alpha value is -0.600. The maximum absolute atomic E-state index is 11.8. The number of nitrogens with two attached hydrogens (primary N) is 1. The van der Waals surface area contributed by atoms with Crippen molar-refractivity contribution in [1.29, 1.82) is 0 Å². The van der Waals surface area contributed by atoms with Gasteiger partial charge in [0.15, 0.2) is 0 Å². The van der Waals surface area contributed by atoms with Crippen molar-refractivity contribution in [3.05, 3.63) is 0 Å². The molecule has 1 atom stereocenters. The summed E-state index contributed by atoms with van der Waals surface area (Å²) >= 11 is 15.5. The van der Waals surface area contributed by atoms with E-state index in [4.69, 9.17) is 34.8 Å². The lowest BCUT2D eigenvalue weighted by Gasteiger charge is -2.24. The van der Waals surface area contributed by atoms with E-state index in [-0.39, 0.29) is 0 Å². The summed E-state index contributed by atoms with van der Waals surface area (Å²) in [7, 11) is 0. The lowest BCUT2D eigenvalue weighted by Crippen LogP contribution is -2.51. The Labute approximate surface area is 102 Å². The predicted octanol–water partition coefficient (Wildman–Crippen LogP) is 1.46. The zero-order valence-corrected chi connectivity index (χ0v) is 9.42. The van der Waals surface area contributed by atoms with Gasteiger partial charge in [-0.1, -0.05) is 34.8 Å². The standard InChI is InChI=1S/C5H4Cl3F3N2O3/c6-4(7,8)2(16-3(12)15)13-1(14)5(9,10)11/h2H,(H2,12,15)(H,13,14). The average molecular weight is 303 g/mol. The van der Waals surface area contributed by atoms with Crippen LogP contribution in [0.5, 0.6) is 0 Å². The largest absolute Gasteiger partial charge is 0.471 e. The Balaban J connectivity index is 4.70. The van der Waals surface area contributed by atoms with Crippen molar-refractivity contribution in [3.8, 4) is 0 Å². The number of carbonyl (C=O) groups is 2. The molecular weight excluding hydrogens is 299 g/mol. The number of halogens is 6. The molecule has 0 radical (unpaired) electrons. The molecule has 2 amide bonds. The molecule has 0 bridgehead atoms. The minimum absolute atomic E-state index is 1.15. The zero-order chi connectivity index (χ0) is 13.1. The van der Waals surface area contributed by atoms with E-state index < -0.39 is 28.2 Å². The lowest BCUT2D eigenvalue weighted by atomic mass is 10.5. The molecular formula is C5H4Cl3F3N2O3. The van der Waals surface area contributed by atoms with Gasteiger partial charge in [0.25, 0.3) is 0 Å². The minimum atomic E-state index is -5.21. The van der Waals surface area contributed by atoms with Crippen molar-refractivity contribution < 1.29 is 27.5 Å². The summed E-state index contributed by atoms with van der Waals surface area (Å²) in [6, 6.07) is 0. The lowest BCUT2D eigenvalue weighted by molar-refractivity contribution is -0.176. The summed E-state index contributed by atoms with van der Waals surface area (Å²) in [5.74, 6) is -2.44. The van der Waals surface area contributed by atoms with E-state index in [2.05, 4.69) is 10.5 Å². The number of hydrogen-bond acceptors (Lipinski definition) is 3. The molecule has 16 heavy (non-hydrogen) atoms. The molecule has 0 aliphatic carbocycles. The quantitative estimate of drug-likeness (QED) is 0.598. The second-order valence-electron chi connectivity index (χ2n) is 2.33. The van der Waals surface area contributed by atoms with Crippen LogP contribution < -0.4 is 11.1 Å². The van der Waals surface area contributed by atoms with E-state index in [1.165, 1.54) is 0 Å². The van der Waals surface area contributed by atoms with Crippen molar-refractivity contribution in [2.45, 2.75) is 16.2 Å². The number of hydrogen-bond donors (Lipinski definition) is 2. The molecule has 0 aromatic carbocycles. The highest BCUT2D eigenvalue weighted by Crippen LogP contribution is 2.31.